The number of unbranched alkanes of at least 4 members (excludes halogenated alkanes) is 1. The molecule has 0 aromatic heterocycles. The van der Waals surface area contributed by atoms with Gasteiger partial charge in [0.15, 0.2) is 0 Å². The molecular formula is C17H26FN3. The van der Waals surface area contributed by atoms with Gasteiger partial charge < -0.3 is 4.90 Å². The van der Waals surface area contributed by atoms with E-state index in [1.54, 1.807) is 12.1 Å². The number of nitrogens with one attached hydrogen (secondary N) is 1. The summed E-state index contributed by atoms with van der Waals surface area (Å²) in [6.45, 7) is 5.69. The second-order valence-electron chi connectivity index (χ2n) is 5.70. The number of nitriles is 1. The van der Waals surface area contributed by atoms with Crippen molar-refractivity contribution in [3.8, 4) is 6.07 Å². The Hall–Kier alpha value is -1.60. The van der Waals surface area contributed by atoms with Gasteiger partial charge in [0.25, 0.3) is 0 Å². The summed E-state index contributed by atoms with van der Waals surface area (Å²) in [6.07, 6.45) is 3.72. The molecule has 1 aromatic carbocycles. The molecule has 1 unspecified atom stereocenters. The van der Waals surface area contributed by atoms with Crippen molar-refractivity contribution >= 4 is 5.69 Å². The molecular weight excluding hydrogens is 265 g/mol. The third-order valence-corrected chi connectivity index (χ3v) is 3.70. The summed E-state index contributed by atoms with van der Waals surface area (Å²) in [5, 5.41) is 12.6. The average Bonchev–Trinajstić information content (AvgIpc) is 2.50. The van der Waals surface area contributed by atoms with Crippen molar-refractivity contribution in [3.05, 3.63) is 30.1 Å². The van der Waals surface area contributed by atoms with Crippen LogP contribution in [-0.2, 0) is 0 Å². The fraction of sp³-hybridized carbons (Fsp3) is 0.588. The molecule has 0 saturated carbocycles. The monoisotopic (exact) mass is 291 g/mol. The lowest BCUT2D eigenvalue weighted by Gasteiger charge is -2.24. The Balaban J connectivity index is 2.37. The largest absolute Gasteiger partial charge is 0.372 e. The first-order valence-corrected chi connectivity index (χ1v) is 7.64. The van der Waals surface area contributed by atoms with Crippen LogP contribution in [0.3, 0.4) is 0 Å². The summed E-state index contributed by atoms with van der Waals surface area (Å²) >= 11 is 0. The molecule has 1 aromatic rings. The van der Waals surface area contributed by atoms with E-state index in [4.69, 9.17) is 0 Å². The first-order chi connectivity index (χ1) is 10.0. The summed E-state index contributed by atoms with van der Waals surface area (Å²) in [6, 6.07) is 9.17. The van der Waals surface area contributed by atoms with Crippen molar-refractivity contribution in [1.29, 1.82) is 5.26 Å². The molecule has 0 heterocycles. The lowest BCUT2D eigenvalue weighted by atomic mass is 9.96. The maximum Gasteiger partial charge on any atom is 0.146 e. The van der Waals surface area contributed by atoms with Crippen molar-refractivity contribution in [2.75, 3.05) is 25.0 Å². The first-order valence-electron chi connectivity index (χ1n) is 7.64. The number of benzene rings is 1. The molecule has 0 saturated heterocycles. The zero-order valence-electron chi connectivity index (χ0n) is 13.3. The Morgan fingerprint density at radius 1 is 1.33 bits per heavy atom. The maximum atomic E-state index is 13.6. The highest BCUT2D eigenvalue weighted by atomic mass is 19.1. The quantitative estimate of drug-likeness (QED) is 0.705. The van der Waals surface area contributed by atoms with Gasteiger partial charge in [0.2, 0.25) is 0 Å². The molecule has 0 aliphatic rings. The summed E-state index contributed by atoms with van der Waals surface area (Å²) in [5.74, 6) is -0.188. The molecule has 0 aliphatic carbocycles. The smallest absolute Gasteiger partial charge is 0.146 e. The first kappa shape index (κ1) is 17.5. The van der Waals surface area contributed by atoms with E-state index in [2.05, 4.69) is 18.3 Å². The number of rotatable bonds is 9. The van der Waals surface area contributed by atoms with Gasteiger partial charge in [0.05, 0.1) is 11.8 Å². The van der Waals surface area contributed by atoms with Crippen LogP contribution >= 0.6 is 0 Å². The van der Waals surface area contributed by atoms with Gasteiger partial charge in [-0.15, -0.1) is 0 Å². The minimum absolute atomic E-state index is 0.188. The Morgan fingerprint density at radius 3 is 2.67 bits per heavy atom. The lowest BCUT2D eigenvalue weighted by Crippen LogP contribution is -2.41. The van der Waals surface area contributed by atoms with Crippen LogP contribution in [0.1, 0.15) is 39.5 Å². The highest BCUT2D eigenvalue weighted by Gasteiger charge is 2.21. The van der Waals surface area contributed by atoms with E-state index in [0.29, 0.717) is 5.69 Å². The summed E-state index contributed by atoms with van der Waals surface area (Å²) in [4.78, 5) is 1.93. The Bertz CT molecular complexity index is 469. The molecule has 0 radical (unpaired) electrons. The van der Waals surface area contributed by atoms with E-state index in [-0.39, 0.29) is 5.82 Å². The van der Waals surface area contributed by atoms with Crippen molar-refractivity contribution in [2.24, 2.45) is 0 Å². The molecule has 0 amide bonds. The Kier molecular flexibility index (Phi) is 7.18. The van der Waals surface area contributed by atoms with Crippen LogP contribution in [-0.4, -0.2) is 25.7 Å². The van der Waals surface area contributed by atoms with E-state index >= 15 is 0 Å². The SMILES string of the molecule is CCCNC(C)(C#N)CCCCN(C)c1ccccc1F. The number of nitrogens with zero attached hydrogens (tertiary/aromatic N) is 2. The van der Waals surface area contributed by atoms with Crippen LogP contribution in [0, 0.1) is 17.1 Å². The minimum atomic E-state index is -0.452. The normalized spacial score (nSPS) is 13.5. The molecule has 3 nitrogen and oxygen atoms in total. The van der Waals surface area contributed by atoms with E-state index in [9.17, 15) is 9.65 Å². The van der Waals surface area contributed by atoms with Gasteiger partial charge in [0, 0.05) is 13.6 Å². The van der Waals surface area contributed by atoms with Crippen molar-refractivity contribution in [3.63, 3.8) is 0 Å². The van der Waals surface area contributed by atoms with Crippen molar-refractivity contribution < 1.29 is 4.39 Å². The molecule has 21 heavy (non-hydrogen) atoms. The molecule has 1 N–H and O–H groups in total. The molecule has 1 rings (SSSR count). The molecule has 0 spiro atoms. The summed E-state index contributed by atoms with van der Waals surface area (Å²) in [5.41, 5.74) is 0.178. The molecule has 0 bridgehead atoms. The fourth-order valence-electron chi connectivity index (χ4n) is 2.29. The summed E-state index contributed by atoms with van der Waals surface area (Å²) < 4.78 is 13.6. The number of halogens is 1. The predicted molar refractivity (Wildman–Crippen MR) is 85.8 cm³/mol. The van der Waals surface area contributed by atoms with Gasteiger partial charge in [-0.1, -0.05) is 19.1 Å². The Morgan fingerprint density at radius 2 is 2.05 bits per heavy atom. The van der Waals surface area contributed by atoms with Crippen molar-refractivity contribution in [2.45, 2.75) is 45.1 Å². The van der Waals surface area contributed by atoms with E-state index in [0.717, 1.165) is 38.8 Å². The fourth-order valence-corrected chi connectivity index (χ4v) is 2.29. The van der Waals surface area contributed by atoms with Gasteiger partial charge >= 0.3 is 0 Å². The second kappa shape index (κ2) is 8.63. The summed E-state index contributed by atoms with van der Waals surface area (Å²) in [7, 11) is 1.90. The number of hydrogen-bond acceptors (Lipinski definition) is 3. The predicted octanol–water partition coefficient (Wildman–Crippen LogP) is 3.71. The third-order valence-electron chi connectivity index (χ3n) is 3.70. The van der Waals surface area contributed by atoms with Gasteiger partial charge in [0.1, 0.15) is 11.4 Å². The van der Waals surface area contributed by atoms with E-state index in [1.807, 2.05) is 24.9 Å². The van der Waals surface area contributed by atoms with Crippen LogP contribution in [0.2, 0.25) is 0 Å². The highest BCUT2D eigenvalue weighted by molar-refractivity contribution is 5.46. The molecule has 4 heteroatoms. The van der Waals surface area contributed by atoms with Crippen LogP contribution < -0.4 is 10.2 Å². The molecule has 116 valence electrons. The van der Waals surface area contributed by atoms with E-state index in [1.165, 1.54) is 6.07 Å². The zero-order chi connectivity index (χ0) is 15.7. The van der Waals surface area contributed by atoms with Gasteiger partial charge in [-0.3, -0.25) is 5.32 Å². The van der Waals surface area contributed by atoms with Crippen LogP contribution in [0.25, 0.3) is 0 Å². The molecule has 0 fully saturated rings. The number of anilines is 1. The lowest BCUT2D eigenvalue weighted by molar-refractivity contribution is 0.402. The topological polar surface area (TPSA) is 39.1 Å². The maximum absolute atomic E-state index is 13.6. The number of hydrogen-bond donors (Lipinski definition) is 1. The Labute approximate surface area is 127 Å². The standard InChI is InChI=1S/C17H26FN3/c1-4-12-20-17(2,14-19)11-7-8-13-21(3)16-10-6-5-9-15(16)18/h5-6,9-10,20H,4,7-8,11-13H2,1-3H3. The molecule has 0 aliphatic heterocycles. The van der Waals surface area contributed by atoms with Gasteiger partial charge in [-0.2, -0.15) is 5.26 Å². The molecule has 1 atom stereocenters. The van der Waals surface area contributed by atoms with Gasteiger partial charge in [-0.25, -0.2) is 4.39 Å². The van der Waals surface area contributed by atoms with Crippen LogP contribution in [0.15, 0.2) is 24.3 Å². The van der Waals surface area contributed by atoms with E-state index < -0.39 is 5.54 Å². The minimum Gasteiger partial charge on any atom is -0.372 e. The third kappa shape index (κ3) is 5.73. The highest BCUT2D eigenvalue weighted by Crippen LogP contribution is 2.18. The van der Waals surface area contributed by atoms with Crippen LogP contribution in [0.5, 0.6) is 0 Å². The van der Waals surface area contributed by atoms with Crippen LogP contribution in [0.4, 0.5) is 10.1 Å². The second-order valence-corrected chi connectivity index (χ2v) is 5.70. The number of para-hydroxylation sites is 1. The average molecular weight is 291 g/mol. The zero-order valence-corrected chi connectivity index (χ0v) is 13.3. The van der Waals surface area contributed by atoms with Crippen molar-refractivity contribution in [1.82, 2.24) is 5.32 Å². The van der Waals surface area contributed by atoms with Gasteiger partial charge in [-0.05, 0) is 51.3 Å².